The molecule has 0 aliphatic carbocycles. The summed E-state index contributed by atoms with van der Waals surface area (Å²) in [5.74, 6) is 0. The fourth-order valence-electron chi connectivity index (χ4n) is 3.09. The third-order valence-electron chi connectivity index (χ3n) is 4.15. The molecule has 2 heteroatoms. The number of allylic oxidation sites excluding steroid dienone is 1. The fraction of sp³-hybridized carbons (Fsp3) is 0.167. The summed E-state index contributed by atoms with van der Waals surface area (Å²) >= 11 is 1.92. The standard InChI is InChI=1S/C18H16NS/c1-12-9-10-14-13-6-3-4-8-16(13)20-18(14)17(12)15-7-5-11-19(15)2/h3-11,15H,1-2H3/q+1. The van der Waals surface area contributed by atoms with Gasteiger partial charge in [-0.1, -0.05) is 30.3 Å². The van der Waals surface area contributed by atoms with Crippen LogP contribution in [0.3, 0.4) is 0 Å². The lowest BCUT2D eigenvalue weighted by molar-refractivity contribution is -0.522. The molecule has 20 heavy (non-hydrogen) atoms. The van der Waals surface area contributed by atoms with Crippen LogP contribution in [0.5, 0.6) is 0 Å². The number of nitrogens with zero attached hydrogens (tertiary/aromatic N) is 1. The molecule has 0 N–H and O–H groups in total. The van der Waals surface area contributed by atoms with Gasteiger partial charge in [-0.05, 0) is 24.6 Å². The van der Waals surface area contributed by atoms with Crippen molar-refractivity contribution in [3.63, 3.8) is 0 Å². The quantitative estimate of drug-likeness (QED) is 0.568. The van der Waals surface area contributed by atoms with Gasteiger partial charge in [0, 0.05) is 31.8 Å². The molecule has 0 amide bonds. The Hall–Kier alpha value is -1.93. The van der Waals surface area contributed by atoms with Crippen molar-refractivity contribution in [3.8, 4) is 0 Å². The van der Waals surface area contributed by atoms with E-state index < -0.39 is 0 Å². The highest BCUT2D eigenvalue weighted by Gasteiger charge is 2.25. The van der Waals surface area contributed by atoms with Crippen molar-refractivity contribution in [1.29, 1.82) is 0 Å². The Bertz CT molecular complexity index is 883. The smallest absolute Gasteiger partial charge is 0.198 e. The molecule has 3 aromatic rings. The van der Waals surface area contributed by atoms with Gasteiger partial charge in [-0.2, -0.15) is 0 Å². The molecule has 0 spiro atoms. The first-order valence-corrected chi connectivity index (χ1v) is 7.72. The summed E-state index contributed by atoms with van der Waals surface area (Å²) in [4.78, 5) is 0. The first-order chi connectivity index (χ1) is 9.75. The van der Waals surface area contributed by atoms with Gasteiger partial charge in [0.05, 0.1) is 0 Å². The molecule has 0 radical (unpaired) electrons. The topological polar surface area (TPSA) is 3.01 Å². The van der Waals surface area contributed by atoms with E-state index in [-0.39, 0.29) is 0 Å². The Morgan fingerprint density at radius 2 is 1.90 bits per heavy atom. The maximum atomic E-state index is 2.28. The number of aryl methyl sites for hydroxylation is 1. The zero-order chi connectivity index (χ0) is 13.7. The second kappa shape index (κ2) is 4.29. The highest BCUT2D eigenvalue weighted by Crippen LogP contribution is 2.40. The highest BCUT2D eigenvalue weighted by atomic mass is 32.1. The van der Waals surface area contributed by atoms with E-state index in [0.717, 1.165) is 0 Å². The van der Waals surface area contributed by atoms with Crippen LogP contribution in [0.25, 0.3) is 20.2 Å². The van der Waals surface area contributed by atoms with Crippen LogP contribution >= 0.6 is 11.3 Å². The van der Waals surface area contributed by atoms with Crippen LogP contribution in [-0.2, 0) is 0 Å². The van der Waals surface area contributed by atoms with Crippen LogP contribution in [-0.4, -0.2) is 17.8 Å². The third-order valence-corrected chi connectivity index (χ3v) is 5.37. The molecule has 98 valence electrons. The van der Waals surface area contributed by atoms with Crippen LogP contribution in [0.2, 0.25) is 0 Å². The van der Waals surface area contributed by atoms with Gasteiger partial charge in [0.25, 0.3) is 0 Å². The lowest BCUT2D eigenvalue weighted by atomic mass is 9.98. The molecule has 1 aliphatic heterocycles. The van der Waals surface area contributed by atoms with Crippen molar-refractivity contribution in [3.05, 3.63) is 59.7 Å². The number of likely N-dealkylation sites (N-methyl/N-ethyl adjacent to an activating group) is 1. The van der Waals surface area contributed by atoms with Gasteiger partial charge in [0.1, 0.15) is 7.05 Å². The van der Waals surface area contributed by atoms with Crippen molar-refractivity contribution >= 4 is 37.7 Å². The van der Waals surface area contributed by atoms with Crippen LogP contribution in [0, 0.1) is 6.92 Å². The lowest BCUT2D eigenvalue weighted by Crippen LogP contribution is -2.10. The molecule has 4 rings (SSSR count). The van der Waals surface area contributed by atoms with E-state index in [2.05, 4.69) is 73.3 Å². The SMILES string of the molecule is Cc1ccc2c(sc3ccccc32)c1C1C=CC=[N+]1C. The fourth-order valence-corrected chi connectivity index (χ4v) is 4.43. The maximum absolute atomic E-state index is 2.28. The number of rotatable bonds is 1. The normalized spacial score (nSPS) is 18.1. The molecule has 1 nitrogen and oxygen atoms in total. The monoisotopic (exact) mass is 278 g/mol. The summed E-state index contributed by atoms with van der Waals surface area (Å²) in [6.45, 7) is 2.22. The third kappa shape index (κ3) is 1.58. The number of benzene rings is 2. The molecule has 0 fully saturated rings. The zero-order valence-electron chi connectivity index (χ0n) is 11.6. The molecular weight excluding hydrogens is 262 g/mol. The highest BCUT2D eigenvalue weighted by molar-refractivity contribution is 7.26. The Labute approximate surface area is 122 Å². The van der Waals surface area contributed by atoms with Gasteiger partial charge in [0.15, 0.2) is 12.3 Å². The Morgan fingerprint density at radius 3 is 2.70 bits per heavy atom. The molecule has 2 aromatic carbocycles. The average molecular weight is 278 g/mol. The Morgan fingerprint density at radius 1 is 1.05 bits per heavy atom. The first-order valence-electron chi connectivity index (χ1n) is 6.90. The van der Waals surface area contributed by atoms with Crippen molar-refractivity contribution in [2.45, 2.75) is 13.0 Å². The van der Waals surface area contributed by atoms with E-state index in [1.165, 1.54) is 31.3 Å². The number of fused-ring (bicyclic) bond motifs is 3. The Balaban J connectivity index is 2.11. The van der Waals surface area contributed by atoms with Crippen LogP contribution in [0.1, 0.15) is 17.2 Å². The van der Waals surface area contributed by atoms with Gasteiger partial charge in [-0.15, -0.1) is 11.3 Å². The van der Waals surface area contributed by atoms with E-state index >= 15 is 0 Å². The molecule has 1 atom stereocenters. The Kier molecular flexibility index (Phi) is 2.54. The number of hydrogen-bond donors (Lipinski definition) is 0. The van der Waals surface area contributed by atoms with Crippen LogP contribution in [0.15, 0.2) is 48.6 Å². The van der Waals surface area contributed by atoms with Crippen LogP contribution < -0.4 is 0 Å². The lowest BCUT2D eigenvalue weighted by Gasteiger charge is -2.11. The largest absolute Gasteiger partial charge is 0.228 e. The van der Waals surface area contributed by atoms with E-state index in [9.17, 15) is 0 Å². The van der Waals surface area contributed by atoms with E-state index in [1.54, 1.807) is 0 Å². The number of hydrogen-bond acceptors (Lipinski definition) is 1. The van der Waals surface area contributed by atoms with Crippen molar-refractivity contribution in [2.75, 3.05) is 7.05 Å². The summed E-state index contributed by atoms with van der Waals surface area (Å²) in [6, 6.07) is 13.6. The molecule has 0 saturated heterocycles. The predicted octanol–water partition coefficient (Wildman–Crippen LogP) is 4.69. The molecule has 0 bridgehead atoms. The van der Waals surface area contributed by atoms with Gasteiger partial charge in [-0.3, -0.25) is 0 Å². The van der Waals surface area contributed by atoms with E-state index in [1.807, 2.05) is 11.3 Å². The van der Waals surface area contributed by atoms with Gasteiger partial charge in [0.2, 0.25) is 0 Å². The van der Waals surface area contributed by atoms with Gasteiger partial charge >= 0.3 is 0 Å². The minimum atomic E-state index is 0.367. The minimum absolute atomic E-state index is 0.367. The summed E-state index contributed by atoms with van der Waals surface area (Å²) < 4.78 is 5.09. The molecule has 2 heterocycles. The maximum Gasteiger partial charge on any atom is 0.198 e. The average Bonchev–Trinajstić information content (AvgIpc) is 3.02. The number of thiophene rings is 1. The van der Waals surface area contributed by atoms with Crippen molar-refractivity contribution in [1.82, 2.24) is 0 Å². The molecule has 1 aromatic heterocycles. The van der Waals surface area contributed by atoms with E-state index in [0.29, 0.717) is 6.04 Å². The molecule has 1 aliphatic rings. The van der Waals surface area contributed by atoms with Crippen molar-refractivity contribution in [2.24, 2.45) is 0 Å². The van der Waals surface area contributed by atoms with Gasteiger partial charge < -0.3 is 0 Å². The second-order valence-corrected chi connectivity index (χ2v) is 6.47. The minimum Gasteiger partial charge on any atom is -0.228 e. The second-order valence-electron chi connectivity index (χ2n) is 5.42. The first kappa shape index (κ1) is 11.9. The van der Waals surface area contributed by atoms with E-state index in [4.69, 9.17) is 0 Å². The predicted molar refractivity (Wildman–Crippen MR) is 88.2 cm³/mol. The summed E-state index contributed by atoms with van der Waals surface area (Å²) in [7, 11) is 2.15. The molecule has 0 saturated carbocycles. The van der Waals surface area contributed by atoms with Crippen LogP contribution in [0.4, 0.5) is 0 Å². The molecule has 1 unspecified atom stereocenters. The van der Waals surface area contributed by atoms with Crippen molar-refractivity contribution < 1.29 is 4.58 Å². The van der Waals surface area contributed by atoms with Gasteiger partial charge in [-0.25, -0.2) is 4.58 Å². The summed E-state index contributed by atoms with van der Waals surface area (Å²) in [5, 5.41) is 2.77. The molecular formula is C18H16NS+. The summed E-state index contributed by atoms with van der Waals surface area (Å²) in [5.41, 5.74) is 2.83. The zero-order valence-corrected chi connectivity index (χ0v) is 12.4. The summed E-state index contributed by atoms with van der Waals surface area (Å²) in [6.07, 6.45) is 6.58.